The summed E-state index contributed by atoms with van der Waals surface area (Å²) < 4.78 is 0. The lowest BCUT2D eigenvalue weighted by Gasteiger charge is -2.17. The van der Waals surface area contributed by atoms with Gasteiger partial charge in [0.1, 0.15) is 0 Å². The second kappa shape index (κ2) is 4.27. The van der Waals surface area contributed by atoms with E-state index in [0.717, 1.165) is 17.9 Å². The van der Waals surface area contributed by atoms with Gasteiger partial charge in [-0.15, -0.1) is 11.3 Å². The van der Waals surface area contributed by atoms with E-state index in [9.17, 15) is 0 Å². The van der Waals surface area contributed by atoms with Gasteiger partial charge in [0.05, 0.1) is 35.3 Å². The van der Waals surface area contributed by atoms with Gasteiger partial charge in [0, 0.05) is 18.6 Å². The van der Waals surface area contributed by atoms with Gasteiger partial charge in [-0.1, -0.05) is 0 Å². The van der Waals surface area contributed by atoms with Gasteiger partial charge < -0.3 is 10.6 Å². The van der Waals surface area contributed by atoms with Gasteiger partial charge in [0.15, 0.2) is 0 Å². The molecule has 5 heteroatoms. The molecular formula is C10H12N4S. The molecule has 0 bridgehead atoms. The molecule has 0 saturated carbocycles. The monoisotopic (exact) mass is 220 g/mol. The van der Waals surface area contributed by atoms with Crippen LogP contribution in [0.3, 0.4) is 0 Å². The molecule has 0 aliphatic rings. The predicted molar refractivity (Wildman–Crippen MR) is 62.9 cm³/mol. The maximum atomic E-state index is 5.67. The third kappa shape index (κ3) is 2.44. The fourth-order valence-electron chi connectivity index (χ4n) is 1.30. The smallest absolute Gasteiger partial charge is 0.0795 e. The quantitative estimate of drug-likeness (QED) is 0.856. The lowest BCUT2D eigenvalue weighted by molar-refractivity contribution is 0.891. The van der Waals surface area contributed by atoms with Gasteiger partial charge in [-0.3, -0.25) is 4.98 Å². The molecule has 0 unspecified atom stereocenters. The number of nitrogens with zero attached hydrogens (tertiary/aromatic N) is 3. The van der Waals surface area contributed by atoms with Crippen molar-refractivity contribution in [2.75, 3.05) is 17.7 Å². The van der Waals surface area contributed by atoms with E-state index in [1.54, 1.807) is 23.7 Å². The second-order valence-electron chi connectivity index (χ2n) is 3.31. The Hall–Kier alpha value is -1.62. The van der Waals surface area contributed by atoms with Crippen molar-refractivity contribution in [3.63, 3.8) is 0 Å². The van der Waals surface area contributed by atoms with Crippen LogP contribution < -0.4 is 10.6 Å². The summed E-state index contributed by atoms with van der Waals surface area (Å²) in [6.07, 6.45) is 3.43. The van der Waals surface area contributed by atoms with Gasteiger partial charge in [0.2, 0.25) is 0 Å². The molecule has 0 aliphatic heterocycles. The number of nitrogen functional groups attached to an aromatic ring is 1. The summed E-state index contributed by atoms with van der Waals surface area (Å²) in [7, 11) is 2.00. The lowest BCUT2D eigenvalue weighted by atomic mass is 10.3. The van der Waals surface area contributed by atoms with E-state index < -0.39 is 0 Å². The highest BCUT2D eigenvalue weighted by molar-refractivity contribution is 7.07. The Morgan fingerprint density at radius 2 is 2.33 bits per heavy atom. The molecule has 2 aromatic rings. The van der Waals surface area contributed by atoms with Gasteiger partial charge >= 0.3 is 0 Å². The summed E-state index contributed by atoms with van der Waals surface area (Å²) in [6, 6.07) is 1.90. The zero-order valence-corrected chi connectivity index (χ0v) is 9.24. The minimum Gasteiger partial charge on any atom is -0.397 e. The first kappa shape index (κ1) is 9.92. The third-order valence-electron chi connectivity index (χ3n) is 2.07. The first-order chi connectivity index (χ1) is 7.25. The SMILES string of the molecule is CN(Cc1cscn1)c1cncc(N)c1. The fourth-order valence-corrected chi connectivity index (χ4v) is 1.85. The molecular weight excluding hydrogens is 208 g/mol. The minimum atomic E-state index is 0.678. The highest BCUT2D eigenvalue weighted by atomic mass is 32.1. The Balaban J connectivity index is 2.11. The highest BCUT2D eigenvalue weighted by Gasteiger charge is 2.03. The molecule has 0 saturated heterocycles. The van der Waals surface area contributed by atoms with Crippen LogP contribution in [0.25, 0.3) is 0 Å². The first-order valence-corrected chi connectivity index (χ1v) is 5.49. The van der Waals surface area contributed by atoms with Crippen LogP contribution in [-0.4, -0.2) is 17.0 Å². The molecule has 4 nitrogen and oxygen atoms in total. The Morgan fingerprint density at radius 3 is 3.00 bits per heavy atom. The zero-order valence-electron chi connectivity index (χ0n) is 8.42. The predicted octanol–water partition coefficient (Wildman–Crippen LogP) is 1.76. The topological polar surface area (TPSA) is 55.0 Å². The number of nitrogens with two attached hydrogens (primary N) is 1. The van der Waals surface area contributed by atoms with Crippen molar-refractivity contribution in [3.05, 3.63) is 35.0 Å². The van der Waals surface area contributed by atoms with Crippen LogP contribution in [0.2, 0.25) is 0 Å². The molecule has 2 rings (SSSR count). The van der Waals surface area contributed by atoms with Crippen molar-refractivity contribution in [2.45, 2.75) is 6.54 Å². The summed E-state index contributed by atoms with van der Waals surface area (Å²) in [5, 5.41) is 2.04. The normalized spacial score (nSPS) is 10.2. The molecule has 2 N–H and O–H groups in total. The molecule has 0 fully saturated rings. The molecule has 15 heavy (non-hydrogen) atoms. The van der Waals surface area contributed by atoms with Crippen molar-refractivity contribution in [2.24, 2.45) is 0 Å². The van der Waals surface area contributed by atoms with Crippen LogP contribution in [0, 0.1) is 0 Å². The number of pyridine rings is 1. The molecule has 0 spiro atoms. The van der Waals surface area contributed by atoms with E-state index >= 15 is 0 Å². The Labute approximate surface area is 92.4 Å². The average molecular weight is 220 g/mol. The average Bonchev–Trinajstić information content (AvgIpc) is 2.70. The summed E-state index contributed by atoms with van der Waals surface area (Å²) in [4.78, 5) is 10.3. The van der Waals surface area contributed by atoms with E-state index in [1.165, 1.54) is 0 Å². The Kier molecular flexibility index (Phi) is 2.82. The first-order valence-electron chi connectivity index (χ1n) is 4.54. The van der Waals surface area contributed by atoms with E-state index in [4.69, 9.17) is 5.73 Å². The van der Waals surface area contributed by atoms with Crippen LogP contribution in [0.15, 0.2) is 29.4 Å². The van der Waals surface area contributed by atoms with E-state index in [1.807, 2.05) is 24.0 Å². The fraction of sp³-hybridized carbons (Fsp3) is 0.200. The lowest BCUT2D eigenvalue weighted by Crippen LogP contribution is -2.16. The Bertz CT molecular complexity index is 427. The number of hydrogen-bond acceptors (Lipinski definition) is 5. The van der Waals surface area contributed by atoms with Gasteiger partial charge in [0.25, 0.3) is 0 Å². The number of hydrogen-bond donors (Lipinski definition) is 1. The number of rotatable bonds is 3. The van der Waals surface area contributed by atoms with Crippen molar-refractivity contribution in [1.82, 2.24) is 9.97 Å². The number of anilines is 2. The zero-order chi connectivity index (χ0) is 10.7. The second-order valence-corrected chi connectivity index (χ2v) is 4.03. The number of aromatic nitrogens is 2. The maximum Gasteiger partial charge on any atom is 0.0795 e. The van der Waals surface area contributed by atoms with Crippen LogP contribution in [-0.2, 0) is 6.54 Å². The van der Waals surface area contributed by atoms with Crippen molar-refractivity contribution < 1.29 is 0 Å². The van der Waals surface area contributed by atoms with Crippen LogP contribution in [0.5, 0.6) is 0 Å². The summed E-state index contributed by atoms with van der Waals surface area (Å²) in [6.45, 7) is 0.772. The summed E-state index contributed by atoms with van der Waals surface area (Å²) in [5.41, 5.74) is 10.2. The molecule has 0 radical (unpaired) electrons. The van der Waals surface area contributed by atoms with Crippen LogP contribution in [0.1, 0.15) is 5.69 Å². The Morgan fingerprint density at radius 1 is 1.47 bits per heavy atom. The van der Waals surface area contributed by atoms with Gasteiger partial charge in [-0.05, 0) is 6.07 Å². The van der Waals surface area contributed by atoms with Crippen molar-refractivity contribution >= 4 is 22.7 Å². The van der Waals surface area contributed by atoms with Crippen molar-refractivity contribution in [3.8, 4) is 0 Å². The number of thiazole rings is 1. The van der Waals surface area contributed by atoms with E-state index in [-0.39, 0.29) is 0 Å². The van der Waals surface area contributed by atoms with Crippen molar-refractivity contribution in [1.29, 1.82) is 0 Å². The standard InChI is InChI=1S/C10H12N4S/c1-14(5-9-6-15-7-13-9)10-2-8(11)3-12-4-10/h2-4,6-7H,5,11H2,1H3. The largest absolute Gasteiger partial charge is 0.397 e. The van der Waals surface area contributed by atoms with E-state index in [2.05, 4.69) is 14.9 Å². The van der Waals surface area contributed by atoms with Gasteiger partial charge in [-0.25, -0.2) is 4.98 Å². The molecule has 2 heterocycles. The molecule has 0 aliphatic carbocycles. The third-order valence-corrected chi connectivity index (χ3v) is 2.70. The van der Waals surface area contributed by atoms with Crippen LogP contribution in [0.4, 0.5) is 11.4 Å². The molecule has 2 aromatic heterocycles. The maximum absolute atomic E-state index is 5.67. The summed E-state index contributed by atoms with van der Waals surface area (Å²) >= 11 is 1.60. The molecule has 0 amide bonds. The highest BCUT2D eigenvalue weighted by Crippen LogP contribution is 2.16. The van der Waals surface area contributed by atoms with E-state index in [0.29, 0.717) is 5.69 Å². The molecule has 0 aromatic carbocycles. The summed E-state index contributed by atoms with van der Waals surface area (Å²) in [5.74, 6) is 0. The molecule has 0 atom stereocenters. The van der Waals surface area contributed by atoms with Crippen LogP contribution >= 0.6 is 11.3 Å². The minimum absolute atomic E-state index is 0.678. The van der Waals surface area contributed by atoms with Gasteiger partial charge in [-0.2, -0.15) is 0 Å². The molecule has 78 valence electrons.